The molecule has 0 radical (unpaired) electrons. The third-order valence-electron chi connectivity index (χ3n) is 7.47. The molecule has 162 valence electrons. The van der Waals surface area contributed by atoms with E-state index in [1.165, 1.54) is 11.3 Å². The van der Waals surface area contributed by atoms with Crippen molar-refractivity contribution in [3.8, 4) is 0 Å². The molecule has 6 rings (SSSR count). The van der Waals surface area contributed by atoms with Gasteiger partial charge in [-0.15, -0.1) is 0 Å². The second-order valence-corrected chi connectivity index (χ2v) is 10.2. The van der Waals surface area contributed by atoms with Gasteiger partial charge >= 0.3 is 5.97 Å². The number of hydrogen-bond acceptors (Lipinski definition) is 4. The van der Waals surface area contributed by atoms with Crippen molar-refractivity contribution in [2.75, 3.05) is 24.6 Å². The van der Waals surface area contributed by atoms with Gasteiger partial charge in [-0.2, -0.15) is 0 Å². The molecule has 4 aliphatic rings. The Kier molecular flexibility index (Phi) is 4.83. The summed E-state index contributed by atoms with van der Waals surface area (Å²) in [7, 11) is 0. The molecule has 0 bridgehead atoms. The van der Waals surface area contributed by atoms with Gasteiger partial charge in [-0.3, -0.25) is 4.79 Å². The highest BCUT2D eigenvalue weighted by molar-refractivity contribution is 9.10. The maximum absolute atomic E-state index is 13.2. The summed E-state index contributed by atoms with van der Waals surface area (Å²) in [5.41, 5.74) is 4.83. The molecule has 4 atom stereocenters. The minimum absolute atomic E-state index is 0.198. The largest absolute Gasteiger partial charge is 0.454 e. The molecule has 2 aliphatic carbocycles. The number of nitrogens with zero attached hydrogens (tertiary/aromatic N) is 1. The first kappa shape index (κ1) is 20.0. The Morgan fingerprint density at radius 2 is 1.62 bits per heavy atom. The minimum atomic E-state index is -0.404. The van der Waals surface area contributed by atoms with Gasteiger partial charge in [0.25, 0.3) is 0 Å². The van der Waals surface area contributed by atoms with Gasteiger partial charge in [0.1, 0.15) is 0 Å². The molecule has 0 spiro atoms. The zero-order chi connectivity index (χ0) is 21.8. The van der Waals surface area contributed by atoms with Crippen LogP contribution in [0, 0.1) is 11.8 Å². The molecule has 0 unspecified atom stereocenters. The van der Waals surface area contributed by atoms with Crippen LogP contribution in [0.3, 0.4) is 0 Å². The first-order valence-electron chi connectivity index (χ1n) is 11.3. The van der Waals surface area contributed by atoms with E-state index in [9.17, 15) is 9.59 Å². The first-order valence-corrected chi connectivity index (χ1v) is 12.1. The van der Waals surface area contributed by atoms with Crippen LogP contribution in [0.15, 0.2) is 65.2 Å². The Morgan fingerprint density at radius 1 is 0.938 bits per heavy atom. The van der Waals surface area contributed by atoms with E-state index in [0.717, 1.165) is 36.0 Å². The summed E-state index contributed by atoms with van der Waals surface area (Å²) in [6, 6.07) is 11.1. The van der Waals surface area contributed by atoms with Crippen molar-refractivity contribution in [2.24, 2.45) is 11.8 Å². The zero-order valence-electron chi connectivity index (χ0n) is 17.7. The molecule has 2 aromatic rings. The van der Waals surface area contributed by atoms with Crippen molar-refractivity contribution in [3.63, 3.8) is 0 Å². The second kappa shape index (κ2) is 7.73. The predicted molar refractivity (Wildman–Crippen MR) is 127 cm³/mol. The lowest BCUT2D eigenvalue weighted by Gasteiger charge is -2.46. The molecule has 0 fully saturated rings. The lowest BCUT2D eigenvalue weighted by atomic mass is 9.73. The summed E-state index contributed by atoms with van der Waals surface area (Å²) in [5, 5.41) is 0. The molecular weight excluding hydrogens is 466 g/mol. The van der Waals surface area contributed by atoms with Crippen molar-refractivity contribution in [1.82, 2.24) is 0 Å². The third kappa shape index (κ3) is 3.17. The smallest absolute Gasteiger partial charge is 0.338 e. The van der Waals surface area contributed by atoms with Crippen molar-refractivity contribution in [3.05, 3.63) is 87.4 Å². The number of allylic oxidation sites excluding steroid dienone is 4. The van der Waals surface area contributed by atoms with E-state index in [4.69, 9.17) is 4.74 Å². The number of fused-ring (bicyclic) bond motifs is 4. The van der Waals surface area contributed by atoms with Crippen LogP contribution >= 0.6 is 15.9 Å². The maximum atomic E-state index is 13.2. The van der Waals surface area contributed by atoms with Crippen LogP contribution in [0.4, 0.5) is 5.69 Å². The molecule has 5 heteroatoms. The monoisotopic (exact) mass is 489 g/mol. The normalized spacial score (nSPS) is 26.5. The van der Waals surface area contributed by atoms with E-state index in [2.05, 4.69) is 51.2 Å². The summed E-state index contributed by atoms with van der Waals surface area (Å²) in [6.07, 6.45) is 11.3. The van der Waals surface area contributed by atoms with Crippen molar-refractivity contribution in [1.29, 1.82) is 0 Å². The zero-order valence-corrected chi connectivity index (χ0v) is 19.3. The van der Waals surface area contributed by atoms with E-state index in [0.29, 0.717) is 28.9 Å². The maximum Gasteiger partial charge on any atom is 0.338 e. The number of carbonyl (C=O) groups excluding carboxylic acids is 2. The minimum Gasteiger partial charge on any atom is -0.454 e. The van der Waals surface area contributed by atoms with Crippen molar-refractivity contribution < 1.29 is 14.3 Å². The number of rotatable bonds is 4. The van der Waals surface area contributed by atoms with Gasteiger partial charge < -0.3 is 9.64 Å². The van der Waals surface area contributed by atoms with Gasteiger partial charge in [0, 0.05) is 40.6 Å². The molecule has 2 aromatic carbocycles. The lowest BCUT2D eigenvalue weighted by Crippen LogP contribution is -2.44. The summed E-state index contributed by atoms with van der Waals surface area (Å²) >= 11 is 3.37. The fourth-order valence-electron chi connectivity index (χ4n) is 5.99. The Balaban J connectivity index is 1.33. The number of ketones is 1. The molecule has 0 aromatic heterocycles. The molecule has 2 heterocycles. The van der Waals surface area contributed by atoms with Gasteiger partial charge in [-0.25, -0.2) is 4.79 Å². The van der Waals surface area contributed by atoms with E-state index in [1.54, 1.807) is 12.1 Å². The number of ether oxygens (including phenoxy) is 1. The quantitative estimate of drug-likeness (QED) is 0.316. The molecule has 0 saturated carbocycles. The van der Waals surface area contributed by atoms with Crippen molar-refractivity contribution >= 4 is 33.4 Å². The van der Waals surface area contributed by atoms with Gasteiger partial charge in [0.15, 0.2) is 12.4 Å². The second-order valence-electron chi connectivity index (χ2n) is 9.28. The fraction of sp³-hybridized carbons (Fsp3) is 0.333. The van der Waals surface area contributed by atoms with Gasteiger partial charge in [-0.05, 0) is 54.0 Å². The fourth-order valence-corrected chi connectivity index (χ4v) is 6.25. The molecule has 2 aliphatic heterocycles. The molecule has 4 nitrogen and oxygen atoms in total. The molecule has 0 N–H and O–H groups in total. The number of anilines is 1. The SMILES string of the molecule is O=C(COC(=O)c1ccc2c3c1[C@H]1C=CC[C@H]1CN3C[C@@H]1CC=C[C@@H]21)c1ccc(Br)cc1. The van der Waals surface area contributed by atoms with Crippen molar-refractivity contribution in [2.45, 2.75) is 24.7 Å². The predicted octanol–water partition coefficient (Wildman–Crippen LogP) is 5.64. The number of esters is 1. The van der Waals surface area contributed by atoms with Crippen LogP contribution in [0.5, 0.6) is 0 Å². The number of benzene rings is 2. The highest BCUT2D eigenvalue weighted by Crippen LogP contribution is 2.53. The van der Waals surface area contributed by atoms with Gasteiger partial charge in [0.05, 0.1) is 5.56 Å². The van der Waals surface area contributed by atoms with Gasteiger partial charge in [0.2, 0.25) is 0 Å². The van der Waals surface area contributed by atoms with Crippen LogP contribution < -0.4 is 4.90 Å². The number of halogens is 1. The van der Waals surface area contributed by atoms with E-state index in [1.807, 2.05) is 18.2 Å². The van der Waals surface area contributed by atoms with Crippen LogP contribution in [-0.4, -0.2) is 31.4 Å². The lowest BCUT2D eigenvalue weighted by molar-refractivity contribution is 0.0473. The average molecular weight is 490 g/mol. The molecule has 0 amide bonds. The molecular formula is C27H24BrNO3. The van der Waals surface area contributed by atoms with Crippen LogP contribution in [0.25, 0.3) is 0 Å². The summed E-state index contributed by atoms with van der Waals surface area (Å²) in [5.74, 6) is 1.20. The van der Waals surface area contributed by atoms with Gasteiger partial charge in [-0.1, -0.05) is 58.4 Å². The van der Waals surface area contributed by atoms with Crippen LogP contribution in [0.2, 0.25) is 0 Å². The number of Topliss-reactive ketones (excluding diaryl/α,β-unsaturated/α-hetero) is 1. The Labute approximate surface area is 196 Å². The Bertz CT molecular complexity index is 1160. The van der Waals surface area contributed by atoms with E-state index >= 15 is 0 Å². The summed E-state index contributed by atoms with van der Waals surface area (Å²) in [4.78, 5) is 28.2. The topological polar surface area (TPSA) is 46.6 Å². The third-order valence-corrected chi connectivity index (χ3v) is 8.00. The van der Waals surface area contributed by atoms with Crippen LogP contribution in [0.1, 0.15) is 56.5 Å². The highest BCUT2D eigenvalue weighted by Gasteiger charge is 2.44. The standard InChI is InChI=1S/C27H24BrNO3/c28-19-9-7-16(8-10-19)24(30)15-32-27(31)23-12-11-22-20-5-1-3-17(20)13-29-14-18-4-2-6-21(18)25(23)26(22)29/h1-2,5-12,17-18,20-21H,3-4,13-15H2/t17-,18-,20+,21-/m0/s1. The molecule has 32 heavy (non-hydrogen) atoms. The number of carbonyl (C=O) groups is 2. The highest BCUT2D eigenvalue weighted by atomic mass is 79.9. The van der Waals surface area contributed by atoms with E-state index < -0.39 is 5.97 Å². The Hall–Kier alpha value is -2.66. The van der Waals surface area contributed by atoms with E-state index in [-0.39, 0.29) is 18.3 Å². The molecule has 0 saturated heterocycles. The van der Waals surface area contributed by atoms with Crippen LogP contribution in [-0.2, 0) is 4.74 Å². The average Bonchev–Trinajstić information content (AvgIpc) is 3.47. The number of hydrogen-bond donors (Lipinski definition) is 0. The first-order chi connectivity index (χ1) is 15.6. The summed E-state index contributed by atoms with van der Waals surface area (Å²) in [6.45, 7) is 1.83. The summed E-state index contributed by atoms with van der Waals surface area (Å²) < 4.78 is 6.45. The Morgan fingerprint density at radius 3 is 2.38 bits per heavy atom.